The molecule has 118 valence electrons. The molecule has 1 aromatic heterocycles. The van der Waals surface area contributed by atoms with Crippen LogP contribution in [0.25, 0.3) is 6.08 Å². The third-order valence-corrected chi connectivity index (χ3v) is 4.58. The number of rotatable bonds is 6. The van der Waals surface area contributed by atoms with E-state index in [4.69, 9.17) is 15.7 Å². The molecule has 1 aliphatic rings. The minimum Gasteiger partial charge on any atom is -0.462 e. The summed E-state index contributed by atoms with van der Waals surface area (Å²) in [4.78, 5) is 15.1. The van der Waals surface area contributed by atoms with Crippen LogP contribution in [0.4, 0.5) is 5.00 Å². The van der Waals surface area contributed by atoms with Gasteiger partial charge in [-0.15, -0.1) is 11.3 Å². The van der Waals surface area contributed by atoms with Crippen LogP contribution in [0.2, 0.25) is 0 Å². The maximum atomic E-state index is 11.8. The standard InChI is InChI=1S/C16H21N3O2S/c17-7-4-10-21-16(20)13(12-18)11-14-5-6-15(22-14)19-8-2-1-3-9-19/h5-6,11H,1-4,7-10,17H2/b13-11+. The Balaban J connectivity index is 2.01. The molecule has 0 aromatic carbocycles. The number of carbonyl (C=O) groups excluding carboxylic acids is 1. The molecule has 2 heterocycles. The van der Waals surface area contributed by atoms with Crippen molar-refractivity contribution in [2.45, 2.75) is 25.7 Å². The SMILES string of the molecule is N#C/C(=C\c1ccc(N2CCCCC2)s1)C(=O)OCCCN. The summed E-state index contributed by atoms with van der Waals surface area (Å²) in [6.07, 6.45) is 5.94. The van der Waals surface area contributed by atoms with Crippen molar-refractivity contribution in [3.8, 4) is 6.07 Å². The number of nitrogens with two attached hydrogens (primary N) is 1. The van der Waals surface area contributed by atoms with E-state index in [0.29, 0.717) is 13.0 Å². The molecule has 1 aromatic rings. The van der Waals surface area contributed by atoms with Gasteiger partial charge in [-0.05, 0) is 50.4 Å². The minimum atomic E-state index is -0.580. The van der Waals surface area contributed by atoms with Crippen molar-refractivity contribution < 1.29 is 9.53 Å². The largest absolute Gasteiger partial charge is 0.462 e. The summed E-state index contributed by atoms with van der Waals surface area (Å²) >= 11 is 1.60. The van der Waals surface area contributed by atoms with Crippen LogP contribution >= 0.6 is 11.3 Å². The quantitative estimate of drug-likeness (QED) is 0.377. The van der Waals surface area contributed by atoms with Crippen LogP contribution in [0.5, 0.6) is 0 Å². The molecule has 0 amide bonds. The van der Waals surface area contributed by atoms with Gasteiger partial charge in [0.1, 0.15) is 11.6 Å². The summed E-state index contributed by atoms with van der Waals surface area (Å²) in [5, 5.41) is 10.3. The van der Waals surface area contributed by atoms with Crippen molar-refractivity contribution in [2.24, 2.45) is 5.73 Å². The highest BCUT2D eigenvalue weighted by atomic mass is 32.1. The van der Waals surface area contributed by atoms with Crippen LogP contribution < -0.4 is 10.6 Å². The summed E-state index contributed by atoms with van der Waals surface area (Å²) in [5.41, 5.74) is 5.38. The van der Waals surface area contributed by atoms with Crippen LogP contribution in [0.15, 0.2) is 17.7 Å². The fourth-order valence-corrected chi connectivity index (χ4v) is 3.31. The normalized spacial score (nSPS) is 15.5. The average molecular weight is 319 g/mol. The number of carbonyl (C=O) groups is 1. The summed E-state index contributed by atoms with van der Waals surface area (Å²) < 4.78 is 5.02. The first-order chi connectivity index (χ1) is 10.7. The van der Waals surface area contributed by atoms with Crippen molar-refractivity contribution in [2.75, 3.05) is 31.1 Å². The van der Waals surface area contributed by atoms with Crippen LogP contribution in [0, 0.1) is 11.3 Å². The fraction of sp³-hybridized carbons (Fsp3) is 0.500. The Hall–Kier alpha value is -1.84. The molecular formula is C16H21N3O2S. The zero-order valence-electron chi connectivity index (χ0n) is 12.6. The highest BCUT2D eigenvalue weighted by molar-refractivity contribution is 7.16. The van der Waals surface area contributed by atoms with E-state index in [1.165, 1.54) is 24.3 Å². The summed E-state index contributed by atoms with van der Waals surface area (Å²) in [6.45, 7) is 2.87. The zero-order valence-corrected chi connectivity index (χ0v) is 13.4. The third kappa shape index (κ3) is 4.58. The lowest BCUT2D eigenvalue weighted by Gasteiger charge is -2.27. The molecular weight excluding hydrogens is 298 g/mol. The number of esters is 1. The molecule has 1 fully saturated rings. The second-order valence-corrected chi connectivity index (χ2v) is 6.27. The van der Waals surface area contributed by atoms with E-state index >= 15 is 0 Å². The van der Waals surface area contributed by atoms with Crippen LogP contribution in [-0.2, 0) is 9.53 Å². The second kappa shape index (κ2) is 8.57. The number of hydrogen-bond acceptors (Lipinski definition) is 6. The van der Waals surface area contributed by atoms with E-state index < -0.39 is 5.97 Å². The van der Waals surface area contributed by atoms with Gasteiger partial charge in [0, 0.05) is 18.0 Å². The van der Waals surface area contributed by atoms with Crippen molar-refractivity contribution in [3.05, 3.63) is 22.6 Å². The number of nitriles is 1. The van der Waals surface area contributed by atoms with E-state index in [1.54, 1.807) is 17.4 Å². The third-order valence-electron chi connectivity index (χ3n) is 3.49. The first-order valence-corrected chi connectivity index (χ1v) is 8.40. The minimum absolute atomic E-state index is 0.0315. The molecule has 0 aliphatic carbocycles. The fourth-order valence-electron chi connectivity index (χ4n) is 2.31. The number of nitrogens with zero attached hydrogens (tertiary/aromatic N) is 2. The number of anilines is 1. The second-order valence-electron chi connectivity index (χ2n) is 5.17. The van der Waals surface area contributed by atoms with Crippen molar-refractivity contribution in [1.82, 2.24) is 0 Å². The number of piperidine rings is 1. The molecule has 22 heavy (non-hydrogen) atoms. The van der Waals surface area contributed by atoms with Crippen LogP contribution in [0.3, 0.4) is 0 Å². The van der Waals surface area contributed by atoms with Gasteiger partial charge in [0.2, 0.25) is 0 Å². The molecule has 2 rings (SSSR count). The van der Waals surface area contributed by atoms with Crippen LogP contribution in [-0.4, -0.2) is 32.2 Å². The Morgan fingerprint density at radius 3 is 2.86 bits per heavy atom. The summed E-state index contributed by atoms with van der Waals surface area (Å²) in [7, 11) is 0. The number of ether oxygens (including phenoxy) is 1. The highest BCUT2D eigenvalue weighted by Crippen LogP contribution is 2.29. The molecule has 0 spiro atoms. The Morgan fingerprint density at radius 2 is 2.18 bits per heavy atom. The topological polar surface area (TPSA) is 79.3 Å². The highest BCUT2D eigenvalue weighted by Gasteiger charge is 2.14. The van der Waals surface area contributed by atoms with Gasteiger partial charge in [0.25, 0.3) is 0 Å². The zero-order chi connectivity index (χ0) is 15.8. The van der Waals surface area contributed by atoms with Gasteiger partial charge in [0.05, 0.1) is 11.6 Å². The molecule has 0 radical (unpaired) electrons. The van der Waals surface area contributed by atoms with Gasteiger partial charge in [0.15, 0.2) is 0 Å². The molecule has 6 heteroatoms. The number of hydrogen-bond donors (Lipinski definition) is 1. The van der Waals surface area contributed by atoms with Gasteiger partial charge in [-0.2, -0.15) is 5.26 Å². The van der Waals surface area contributed by atoms with Gasteiger partial charge in [-0.25, -0.2) is 4.79 Å². The molecule has 1 aliphatic heterocycles. The molecule has 1 saturated heterocycles. The molecule has 0 atom stereocenters. The van der Waals surface area contributed by atoms with E-state index in [-0.39, 0.29) is 12.2 Å². The van der Waals surface area contributed by atoms with Crippen molar-refractivity contribution >= 4 is 28.4 Å². The Kier molecular flexibility index (Phi) is 6.44. The molecule has 5 nitrogen and oxygen atoms in total. The van der Waals surface area contributed by atoms with Crippen LogP contribution in [0.1, 0.15) is 30.6 Å². The molecule has 2 N–H and O–H groups in total. The predicted octanol–water partition coefficient (Wildman–Crippen LogP) is 2.54. The maximum absolute atomic E-state index is 11.8. The Morgan fingerprint density at radius 1 is 1.41 bits per heavy atom. The van der Waals surface area contributed by atoms with E-state index in [9.17, 15) is 4.79 Å². The van der Waals surface area contributed by atoms with Gasteiger partial charge >= 0.3 is 5.97 Å². The van der Waals surface area contributed by atoms with Gasteiger partial charge in [-0.1, -0.05) is 0 Å². The first-order valence-electron chi connectivity index (χ1n) is 7.58. The van der Waals surface area contributed by atoms with E-state index in [1.807, 2.05) is 12.1 Å². The van der Waals surface area contributed by atoms with Crippen molar-refractivity contribution in [3.63, 3.8) is 0 Å². The smallest absolute Gasteiger partial charge is 0.348 e. The summed E-state index contributed by atoms with van der Waals surface area (Å²) in [5.74, 6) is -0.580. The van der Waals surface area contributed by atoms with Crippen molar-refractivity contribution in [1.29, 1.82) is 5.26 Å². The molecule has 0 bridgehead atoms. The Labute approximate surface area is 135 Å². The predicted molar refractivity (Wildman–Crippen MR) is 88.6 cm³/mol. The first kappa shape index (κ1) is 16.5. The van der Waals surface area contributed by atoms with E-state index in [2.05, 4.69) is 11.0 Å². The van der Waals surface area contributed by atoms with Gasteiger partial charge < -0.3 is 15.4 Å². The number of thiophene rings is 1. The average Bonchev–Trinajstić information content (AvgIpc) is 3.02. The maximum Gasteiger partial charge on any atom is 0.348 e. The molecule has 0 unspecified atom stereocenters. The lowest BCUT2D eigenvalue weighted by Crippen LogP contribution is -2.28. The molecule has 0 saturated carbocycles. The monoisotopic (exact) mass is 319 g/mol. The lowest BCUT2D eigenvalue weighted by molar-refractivity contribution is -0.138. The lowest BCUT2D eigenvalue weighted by atomic mass is 10.1. The van der Waals surface area contributed by atoms with Gasteiger partial charge in [-0.3, -0.25) is 0 Å². The Bertz CT molecular complexity index is 568. The summed E-state index contributed by atoms with van der Waals surface area (Å²) in [6, 6.07) is 5.91. The van der Waals surface area contributed by atoms with E-state index in [0.717, 1.165) is 18.0 Å².